The average molecular weight is 300 g/mol. The molecule has 1 amide bonds. The van der Waals surface area contributed by atoms with Gasteiger partial charge < -0.3 is 15.8 Å². The molecule has 6 heteroatoms. The average Bonchev–Trinajstić information content (AvgIpc) is 2.75. The fourth-order valence-corrected chi connectivity index (χ4v) is 2.33. The lowest BCUT2D eigenvalue weighted by molar-refractivity contribution is -0.116. The molecule has 0 spiro atoms. The number of halogens is 1. The van der Waals surface area contributed by atoms with E-state index in [9.17, 15) is 4.79 Å². The molecule has 2 aromatic rings. The van der Waals surface area contributed by atoms with E-state index in [1.165, 1.54) is 0 Å². The summed E-state index contributed by atoms with van der Waals surface area (Å²) in [5.74, 6) is 0.606. The quantitative estimate of drug-likeness (QED) is 0.892. The van der Waals surface area contributed by atoms with Crippen LogP contribution >= 0.6 is 11.6 Å². The molecule has 1 atom stereocenters. The SMILES string of the molecule is N#Cc1cccc(Oc2cc3c(cc2Cl)C(N)C(=O)N3)c1. The number of hydrogen-bond donors (Lipinski definition) is 2. The standard InChI is InChI=1S/C15H10ClN3O2/c16-11-5-10-12(19-15(20)14(10)18)6-13(11)21-9-3-1-2-8(4-9)7-17/h1-6,14H,18H2,(H,19,20). The first-order chi connectivity index (χ1) is 10.1. The van der Waals surface area contributed by atoms with Crippen molar-refractivity contribution in [1.29, 1.82) is 5.26 Å². The molecule has 3 rings (SSSR count). The van der Waals surface area contributed by atoms with E-state index < -0.39 is 6.04 Å². The van der Waals surface area contributed by atoms with Gasteiger partial charge in [-0.15, -0.1) is 0 Å². The maximum Gasteiger partial charge on any atom is 0.245 e. The Balaban J connectivity index is 1.95. The summed E-state index contributed by atoms with van der Waals surface area (Å²) >= 11 is 6.16. The summed E-state index contributed by atoms with van der Waals surface area (Å²) in [6.45, 7) is 0. The number of nitriles is 1. The summed E-state index contributed by atoms with van der Waals surface area (Å²) < 4.78 is 5.67. The number of amides is 1. The fraction of sp³-hybridized carbons (Fsp3) is 0.0667. The first-order valence-corrected chi connectivity index (χ1v) is 6.54. The van der Waals surface area contributed by atoms with Gasteiger partial charge in [-0.1, -0.05) is 17.7 Å². The van der Waals surface area contributed by atoms with E-state index in [0.717, 1.165) is 0 Å². The Kier molecular flexibility index (Phi) is 3.26. The number of rotatable bonds is 2. The van der Waals surface area contributed by atoms with Gasteiger partial charge in [0.1, 0.15) is 17.5 Å². The van der Waals surface area contributed by atoms with Crippen molar-refractivity contribution in [3.63, 3.8) is 0 Å². The number of hydrogen-bond acceptors (Lipinski definition) is 4. The first-order valence-electron chi connectivity index (χ1n) is 6.16. The number of nitrogens with one attached hydrogen (secondary N) is 1. The zero-order valence-electron chi connectivity index (χ0n) is 10.8. The number of nitrogens with two attached hydrogens (primary N) is 1. The molecule has 5 nitrogen and oxygen atoms in total. The van der Waals surface area contributed by atoms with Crippen LogP contribution in [0.5, 0.6) is 11.5 Å². The van der Waals surface area contributed by atoms with Crippen LogP contribution in [-0.2, 0) is 4.79 Å². The van der Waals surface area contributed by atoms with E-state index in [1.807, 2.05) is 6.07 Å². The molecule has 21 heavy (non-hydrogen) atoms. The van der Waals surface area contributed by atoms with Crippen LogP contribution in [0.25, 0.3) is 0 Å². The maximum absolute atomic E-state index is 11.5. The van der Waals surface area contributed by atoms with Gasteiger partial charge in [0, 0.05) is 17.3 Å². The molecule has 0 fully saturated rings. The third-order valence-electron chi connectivity index (χ3n) is 3.17. The number of carbonyl (C=O) groups is 1. The van der Waals surface area contributed by atoms with Crippen LogP contribution in [0, 0.1) is 11.3 Å². The third-order valence-corrected chi connectivity index (χ3v) is 3.47. The van der Waals surface area contributed by atoms with Crippen molar-refractivity contribution in [3.8, 4) is 17.6 Å². The van der Waals surface area contributed by atoms with Crippen molar-refractivity contribution < 1.29 is 9.53 Å². The van der Waals surface area contributed by atoms with E-state index in [-0.39, 0.29) is 5.91 Å². The molecule has 2 aromatic carbocycles. The topological polar surface area (TPSA) is 88.1 Å². The van der Waals surface area contributed by atoms with Gasteiger partial charge in [-0.3, -0.25) is 4.79 Å². The van der Waals surface area contributed by atoms with Gasteiger partial charge in [-0.2, -0.15) is 5.26 Å². The summed E-state index contributed by atoms with van der Waals surface area (Å²) in [4.78, 5) is 11.5. The van der Waals surface area contributed by atoms with E-state index in [0.29, 0.717) is 33.3 Å². The molecule has 104 valence electrons. The second-order valence-electron chi connectivity index (χ2n) is 4.58. The molecule has 0 radical (unpaired) electrons. The highest BCUT2D eigenvalue weighted by molar-refractivity contribution is 6.32. The van der Waals surface area contributed by atoms with Gasteiger partial charge in [0.2, 0.25) is 5.91 Å². The summed E-state index contributed by atoms with van der Waals surface area (Å²) in [5, 5.41) is 11.9. The summed E-state index contributed by atoms with van der Waals surface area (Å²) in [7, 11) is 0. The number of ether oxygens (including phenoxy) is 1. The van der Waals surface area contributed by atoms with Crippen molar-refractivity contribution in [3.05, 3.63) is 52.5 Å². The number of carbonyl (C=O) groups excluding carboxylic acids is 1. The van der Waals surface area contributed by atoms with E-state index in [2.05, 4.69) is 5.32 Å². The van der Waals surface area contributed by atoms with Gasteiger partial charge >= 0.3 is 0 Å². The Morgan fingerprint density at radius 1 is 1.33 bits per heavy atom. The molecule has 1 heterocycles. The van der Waals surface area contributed by atoms with E-state index in [4.69, 9.17) is 27.3 Å². The summed E-state index contributed by atoms with van der Waals surface area (Å²) in [6.07, 6.45) is 0. The smallest absolute Gasteiger partial charge is 0.245 e. The Morgan fingerprint density at radius 2 is 2.14 bits per heavy atom. The van der Waals surface area contributed by atoms with Crippen molar-refractivity contribution >= 4 is 23.2 Å². The van der Waals surface area contributed by atoms with Gasteiger partial charge in [0.15, 0.2) is 0 Å². The molecule has 0 bridgehead atoms. The molecule has 1 aliphatic rings. The highest BCUT2D eigenvalue weighted by Crippen LogP contribution is 2.39. The summed E-state index contributed by atoms with van der Waals surface area (Å²) in [6, 6.07) is 11.3. The second kappa shape index (κ2) is 5.09. The Bertz CT molecular complexity index is 783. The molecule has 0 aromatic heterocycles. The summed E-state index contributed by atoms with van der Waals surface area (Å²) in [5.41, 5.74) is 7.47. The zero-order valence-corrected chi connectivity index (χ0v) is 11.5. The predicted molar refractivity (Wildman–Crippen MR) is 78.2 cm³/mol. The van der Waals surface area contributed by atoms with Gasteiger partial charge in [-0.25, -0.2) is 0 Å². The van der Waals surface area contributed by atoms with Crippen molar-refractivity contribution in [2.75, 3.05) is 5.32 Å². The van der Waals surface area contributed by atoms with Crippen LogP contribution in [0.2, 0.25) is 5.02 Å². The minimum absolute atomic E-state index is 0.273. The van der Waals surface area contributed by atoms with E-state index >= 15 is 0 Å². The van der Waals surface area contributed by atoms with Crippen LogP contribution in [0.1, 0.15) is 17.2 Å². The minimum atomic E-state index is -0.714. The molecular weight excluding hydrogens is 290 g/mol. The normalized spacial score (nSPS) is 16.0. The molecule has 1 unspecified atom stereocenters. The minimum Gasteiger partial charge on any atom is -0.456 e. The maximum atomic E-state index is 11.5. The lowest BCUT2D eigenvalue weighted by Gasteiger charge is -2.10. The van der Waals surface area contributed by atoms with Crippen LogP contribution in [0.4, 0.5) is 5.69 Å². The number of anilines is 1. The molecule has 0 aliphatic carbocycles. The van der Waals surface area contributed by atoms with Gasteiger partial charge in [0.05, 0.1) is 16.7 Å². The molecule has 3 N–H and O–H groups in total. The second-order valence-corrected chi connectivity index (χ2v) is 4.99. The highest BCUT2D eigenvalue weighted by atomic mass is 35.5. The molecule has 1 aliphatic heterocycles. The first kappa shape index (κ1) is 13.4. The highest BCUT2D eigenvalue weighted by Gasteiger charge is 2.28. The lowest BCUT2D eigenvalue weighted by atomic mass is 10.1. The van der Waals surface area contributed by atoms with Crippen LogP contribution in [0.15, 0.2) is 36.4 Å². The monoisotopic (exact) mass is 299 g/mol. The number of nitrogens with zero attached hydrogens (tertiary/aromatic N) is 1. The van der Waals surface area contributed by atoms with Gasteiger partial charge in [-0.05, 0) is 24.3 Å². The van der Waals surface area contributed by atoms with Gasteiger partial charge in [0.25, 0.3) is 0 Å². The fourth-order valence-electron chi connectivity index (χ4n) is 2.12. The van der Waals surface area contributed by atoms with Crippen molar-refractivity contribution in [2.24, 2.45) is 5.73 Å². The largest absolute Gasteiger partial charge is 0.456 e. The Labute approximate surface area is 125 Å². The zero-order chi connectivity index (χ0) is 15.0. The predicted octanol–water partition coefficient (Wildman–Crippen LogP) is 2.96. The molecular formula is C15H10ClN3O2. The Morgan fingerprint density at radius 3 is 2.90 bits per heavy atom. The number of benzene rings is 2. The van der Waals surface area contributed by atoms with Crippen molar-refractivity contribution in [2.45, 2.75) is 6.04 Å². The Hall–Kier alpha value is -2.55. The third kappa shape index (κ3) is 2.42. The number of fused-ring (bicyclic) bond motifs is 1. The van der Waals surface area contributed by atoms with Crippen LogP contribution < -0.4 is 15.8 Å². The van der Waals surface area contributed by atoms with Crippen molar-refractivity contribution in [1.82, 2.24) is 0 Å². The lowest BCUT2D eigenvalue weighted by Crippen LogP contribution is -2.19. The van der Waals surface area contributed by atoms with Crippen LogP contribution in [-0.4, -0.2) is 5.91 Å². The molecule has 0 saturated carbocycles. The molecule has 0 saturated heterocycles. The van der Waals surface area contributed by atoms with Crippen LogP contribution in [0.3, 0.4) is 0 Å². The van der Waals surface area contributed by atoms with E-state index in [1.54, 1.807) is 36.4 Å².